The first-order valence-electron chi connectivity index (χ1n) is 8.12. The minimum absolute atomic E-state index is 0.0818. The molecular formula is C16H20BrN3O5. The van der Waals surface area contributed by atoms with Gasteiger partial charge in [0.15, 0.2) is 16.3 Å². The summed E-state index contributed by atoms with van der Waals surface area (Å²) >= 11 is 3.21. The van der Waals surface area contributed by atoms with Crippen molar-refractivity contribution in [3.63, 3.8) is 0 Å². The predicted octanol–water partition coefficient (Wildman–Crippen LogP) is 2.44. The fourth-order valence-corrected chi connectivity index (χ4v) is 3.01. The summed E-state index contributed by atoms with van der Waals surface area (Å²) in [5.74, 6) is 1.36. The molecule has 1 amide bonds. The molecule has 8 nitrogen and oxygen atoms in total. The van der Waals surface area contributed by atoms with Crippen LogP contribution in [0.5, 0.6) is 0 Å². The number of halogens is 1. The second kappa shape index (κ2) is 8.59. The van der Waals surface area contributed by atoms with E-state index in [1.807, 2.05) is 0 Å². The molecule has 0 atom stereocenters. The average Bonchev–Trinajstić information content (AvgIpc) is 3.24. The summed E-state index contributed by atoms with van der Waals surface area (Å²) in [7, 11) is 1.58. The van der Waals surface area contributed by atoms with Gasteiger partial charge in [0.05, 0.1) is 12.7 Å². The molecule has 2 aromatic heterocycles. The molecule has 3 rings (SSSR count). The Kier molecular flexibility index (Phi) is 6.22. The highest BCUT2D eigenvalue weighted by molar-refractivity contribution is 9.10. The normalized spacial score (nSPS) is 15.7. The van der Waals surface area contributed by atoms with E-state index in [-0.39, 0.29) is 12.0 Å². The van der Waals surface area contributed by atoms with E-state index in [0.717, 1.165) is 12.8 Å². The summed E-state index contributed by atoms with van der Waals surface area (Å²) in [6.45, 7) is 2.15. The van der Waals surface area contributed by atoms with Gasteiger partial charge in [0.25, 0.3) is 11.8 Å². The van der Waals surface area contributed by atoms with Crippen LogP contribution in [0.4, 0.5) is 0 Å². The zero-order valence-electron chi connectivity index (χ0n) is 13.9. The smallest absolute Gasteiger partial charge is 0.289 e. The molecule has 1 saturated heterocycles. The molecule has 25 heavy (non-hydrogen) atoms. The molecule has 0 aromatic carbocycles. The molecule has 1 aliphatic rings. The number of ether oxygens (including phenoxy) is 2. The number of aromatic nitrogens is 2. The lowest BCUT2D eigenvalue weighted by molar-refractivity contribution is 0.00861. The van der Waals surface area contributed by atoms with Crippen LogP contribution < -0.4 is 0 Å². The van der Waals surface area contributed by atoms with Gasteiger partial charge < -0.3 is 23.3 Å². The minimum Gasteiger partial charge on any atom is -0.444 e. The first-order valence-corrected chi connectivity index (χ1v) is 8.91. The quantitative estimate of drug-likeness (QED) is 0.687. The number of piperidine rings is 1. The van der Waals surface area contributed by atoms with Crippen molar-refractivity contribution in [2.24, 2.45) is 0 Å². The first kappa shape index (κ1) is 18.1. The third kappa shape index (κ3) is 4.90. The average molecular weight is 414 g/mol. The van der Waals surface area contributed by atoms with Crippen LogP contribution in [0.15, 0.2) is 25.7 Å². The number of hydrogen-bond donors (Lipinski definition) is 0. The van der Waals surface area contributed by atoms with Crippen molar-refractivity contribution in [2.45, 2.75) is 32.0 Å². The zero-order valence-corrected chi connectivity index (χ0v) is 15.5. The van der Waals surface area contributed by atoms with E-state index in [4.69, 9.17) is 18.4 Å². The van der Waals surface area contributed by atoms with Crippen LogP contribution in [0.1, 0.15) is 35.1 Å². The molecule has 0 spiro atoms. The Bertz CT molecular complexity index is 694. The van der Waals surface area contributed by atoms with Crippen molar-refractivity contribution in [3.05, 3.63) is 34.3 Å². The van der Waals surface area contributed by atoms with Crippen molar-refractivity contribution in [3.8, 4) is 0 Å². The number of likely N-dealkylation sites (tertiary alicyclic amines) is 1. The van der Waals surface area contributed by atoms with E-state index in [1.54, 1.807) is 24.1 Å². The van der Waals surface area contributed by atoms with Crippen LogP contribution >= 0.6 is 15.9 Å². The molecule has 0 N–H and O–H groups in total. The molecule has 0 saturated carbocycles. The summed E-state index contributed by atoms with van der Waals surface area (Å²) in [6, 6.07) is 3.40. The Morgan fingerprint density at radius 2 is 2.20 bits per heavy atom. The van der Waals surface area contributed by atoms with E-state index in [9.17, 15) is 4.79 Å². The molecule has 1 aliphatic heterocycles. The Hall–Kier alpha value is -1.71. The van der Waals surface area contributed by atoms with Gasteiger partial charge >= 0.3 is 0 Å². The fraction of sp³-hybridized carbons (Fsp3) is 0.562. The number of nitrogens with zero attached hydrogens (tertiary/aromatic N) is 3. The molecule has 0 aliphatic carbocycles. The van der Waals surface area contributed by atoms with Crippen molar-refractivity contribution < 1.29 is 23.2 Å². The lowest BCUT2D eigenvalue weighted by Crippen LogP contribution is -2.40. The number of methoxy groups -OCH3 is 1. The third-order valence-corrected chi connectivity index (χ3v) is 4.40. The summed E-state index contributed by atoms with van der Waals surface area (Å²) in [5.41, 5.74) is 0. The number of carbonyl (C=O) groups is 1. The maximum Gasteiger partial charge on any atom is 0.289 e. The van der Waals surface area contributed by atoms with Gasteiger partial charge in [-0.25, -0.2) is 0 Å². The van der Waals surface area contributed by atoms with Gasteiger partial charge in [-0.3, -0.25) is 4.79 Å². The van der Waals surface area contributed by atoms with Crippen molar-refractivity contribution >= 4 is 21.8 Å². The second-order valence-corrected chi connectivity index (χ2v) is 6.54. The summed E-state index contributed by atoms with van der Waals surface area (Å²) < 4.78 is 21.7. The Morgan fingerprint density at radius 3 is 2.88 bits per heavy atom. The standard InChI is InChI=1S/C16H20BrN3O5/c1-22-10-15-18-14(19-25-15)6-9-23-11-4-7-20(8-5-11)16(21)12-2-3-13(17)24-12/h2-3,11H,4-10H2,1H3. The van der Waals surface area contributed by atoms with Gasteiger partial charge in [0, 0.05) is 26.6 Å². The molecule has 2 aromatic rings. The van der Waals surface area contributed by atoms with E-state index < -0.39 is 0 Å². The van der Waals surface area contributed by atoms with Gasteiger partial charge in [0.2, 0.25) is 0 Å². The SMILES string of the molecule is COCc1nc(CCOC2CCN(C(=O)c3ccc(Br)o3)CC2)no1. The van der Waals surface area contributed by atoms with Crippen LogP contribution in [0.2, 0.25) is 0 Å². The Labute approximate surface area is 153 Å². The Balaban J connectivity index is 1.38. The van der Waals surface area contributed by atoms with Crippen LogP contribution in [-0.4, -0.2) is 53.9 Å². The molecule has 136 valence electrons. The minimum atomic E-state index is -0.0818. The van der Waals surface area contributed by atoms with Gasteiger partial charge in [-0.15, -0.1) is 0 Å². The maximum atomic E-state index is 12.3. The van der Waals surface area contributed by atoms with Crippen LogP contribution in [0.25, 0.3) is 0 Å². The number of rotatable bonds is 7. The van der Waals surface area contributed by atoms with Crippen molar-refractivity contribution in [1.29, 1.82) is 0 Å². The lowest BCUT2D eigenvalue weighted by Gasteiger charge is -2.31. The van der Waals surface area contributed by atoms with Gasteiger partial charge in [-0.1, -0.05) is 5.16 Å². The molecule has 0 radical (unpaired) electrons. The highest BCUT2D eigenvalue weighted by Gasteiger charge is 2.25. The van der Waals surface area contributed by atoms with Gasteiger partial charge in [-0.2, -0.15) is 4.98 Å². The number of carbonyl (C=O) groups excluding carboxylic acids is 1. The first-order chi connectivity index (χ1) is 12.2. The highest BCUT2D eigenvalue weighted by atomic mass is 79.9. The molecule has 1 fully saturated rings. The lowest BCUT2D eigenvalue weighted by atomic mass is 10.1. The summed E-state index contributed by atoms with van der Waals surface area (Å²) in [5, 5.41) is 3.88. The summed E-state index contributed by atoms with van der Waals surface area (Å²) in [6.07, 6.45) is 2.33. The largest absolute Gasteiger partial charge is 0.444 e. The van der Waals surface area contributed by atoms with Gasteiger partial charge in [-0.05, 0) is 40.9 Å². The molecule has 3 heterocycles. The van der Waals surface area contributed by atoms with E-state index >= 15 is 0 Å². The summed E-state index contributed by atoms with van der Waals surface area (Å²) in [4.78, 5) is 18.3. The van der Waals surface area contributed by atoms with E-state index in [0.29, 0.717) is 54.9 Å². The van der Waals surface area contributed by atoms with Gasteiger partial charge in [0.1, 0.15) is 6.61 Å². The van der Waals surface area contributed by atoms with Crippen LogP contribution in [-0.2, 0) is 22.5 Å². The zero-order chi connectivity index (χ0) is 17.6. The monoisotopic (exact) mass is 413 g/mol. The number of hydrogen-bond acceptors (Lipinski definition) is 7. The number of amides is 1. The molecule has 9 heteroatoms. The molecule has 0 bridgehead atoms. The second-order valence-electron chi connectivity index (χ2n) is 5.75. The molecule has 0 unspecified atom stereocenters. The van der Waals surface area contributed by atoms with Crippen molar-refractivity contribution in [1.82, 2.24) is 15.0 Å². The topological polar surface area (TPSA) is 90.8 Å². The van der Waals surface area contributed by atoms with E-state index in [1.165, 1.54) is 0 Å². The third-order valence-electron chi connectivity index (χ3n) is 3.97. The number of furan rings is 1. The van der Waals surface area contributed by atoms with Crippen LogP contribution in [0.3, 0.4) is 0 Å². The Morgan fingerprint density at radius 1 is 1.40 bits per heavy atom. The molecular weight excluding hydrogens is 394 g/mol. The van der Waals surface area contributed by atoms with Crippen molar-refractivity contribution in [2.75, 3.05) is 26.8 Å². The highest BCUT2D eigenvalue weighted by Crippen LogP contribution is 2.19. The fourth-order valence-electron chi connectivity index (χ4n) is 2.70. The van der Waals surface area contributed by atoms with Crippen LogP contribution in [0, 0.1) is 0 Å². The maximum absolute atomic E-state index is 12.3. The van der Waals surface area contributed by atoms with E-state index in [2.05, 4.69) is 26.1 Å². The predicted molar refractivity (Wildman–Crippen MR) is 90.0 cm³/mol.